The number of carboxylic acid groups (broad SMARTS) is 1. The van der Waals surface area contributed by atoms with Crippen LogP contribution < -0.4 is 10.6 Å². The Morgan fingerprint density at radius 2 is 1.80 bits per heavy atom. The van der Waals surface area contributed by atoms with Gasteiger partial charge < -0.3 is 15.7 Å². The van der Waals surface area contributed by atoms with Crippen LogP contribution in [0.25, 0.3) is 0 Å². The number of amides is 2. The molecule has 2 unspecified atom stereocenters. The first-order chi connectivity index (χ1) is 9.38. The lowest BCUT2D eigenvalue weighted by Crippen LogP contribution is -2.41. The molecule has 110 valence electrons. The summed E-state index contributed by atoms with van der Waals surface area (Å²) in [6.45, 7) is 3.64. The first-order valence-corrected chi connectivity index (χ1v) is 6.80. The van der Waals surface area contributed by atoms with Crippen LogP contribution in [0.2, 0.25) is 5.02 Å². The molecule has 1 aromatic carbocycles. The fourth-order valence-electron chi connectivity index (χ4n) is 1.71. The Balaban J connectivity index is 2.41. The van der Waals surface area contributed by atoms with Crippen LogP contribution in [0.1, 0.15) is 38.3 Å². The molecule has 0 aliphatic carbocycles. The summed E-state index contributed by atoms with van der Waals surface area (Å²) in [7, 11) is 0. The van der Waals surface area contributed by atoms with Gasteiger partial charge in [-0.05, 0) is 38.0 Å². The highest BCUT2D eigenvalue weighted by Gasteiger charge is 2.12. The van der Waals surface area contributed by atoms with Crippen LogP contribution in [0, 0.1) is 0 Å². The van der Waals surface area contributed by atoms with Gasteiger partial charge >= 0.3 is 12.0 Å². The predicted molar refractivity (Wildman–Crippen MR) is 77.9 cm³/mol. The Labute approximate surface area is 123 Å². The van der Waals surface area contributed by atoms with Gasteiger partial charge in [0.1, 0.15) is 0 Å². The Hall–Kier alpha value is -1.75. The first kappa shape index (κ1) is 16.3. The van der Waals surface area contributed by atoms with Crippen LogP contribution in [0.3, 0.4) is 0 Å². The number of aliphatic carboxylic acids is 1. The lowest BCUT2D eigenvalue weighted by Gasteiger charge is -2.18. The van der Waals surface area contributed by atoms with Crippen molar-refractivity contribution in [2.45, 2.75) is 38.8 Å². The number of carbonyl (C=O) groups is 2. The second kappa shape index (κ2) is 7.75. The third-order valence-corrected chi connectivity index (χ3v) is 3.14. The number of nitrogens with one attached hydrogen (secondary N) is 2. The second-order valence-corrected chi connectivity index (χ2v) is 5.16. The molecule has 20 heavy (non-hydrogen) atoms. The molecule has 0 saturated carbocycles. The first-order valence-electron chi connectivity index (χ1n) is 6.42. The van der Waals surface area contributed by atoms with Crippen molar-refractivity contribution in [1.82, 2.24) is 10.6 Å². The number of hydrogen-bond acceptors (Lipinski definition) is 2. The van der Waals surface area contributed by atoms with Gasteiger partial charge in [-0.2, -0.15) is 0 Å². The lowest BCUT2D eigenvalue weighted by atomic mass is 10.1. The molecule has 0 radical (unpaired) electrons. The van der Waals surface area contributed by atoms with Gasteiger partial charge in [0, 0.05) is 17.5 Å². The van der Waals surface area contributed by atoms with E-state index in [4.69, 9.17) is 16.7 Å². The maximum atomic E-state index is 11.8. The second-order valence-electron chi connectivity index (χ2n) is 4.72. The molecule has 0 heterocycles. The summed E-state index contributed by atoms with van der Waals surface area (Å²) in [5.41, 5.74) is 0.947. The van der Waals surface area contributed by atoms with Gasteiger partial charge in [0.25, 0.3) is 0 Å². The molecule has 3 N–H and O–H groups in total. The van der Waals surface area contributed by atoms with E-state index >= 15 is 0 Å². The zero-order valence-corrected chi connectivity index (χ0v) is 12.3. The minimum Gasteiger partial charge on any atom is -0.481 e. The lowest BCUT2D eigenvalue weighted by molar-refractivity contribution is -0.137. The summed E-state index contributed by atoms with van der Waals surface area (Å²) in [6, 6.07) is 6.57. The Kier molecular flexibility index (Phi) is 6.31. The monoisotopic (exact) mass is 298 g/mol. The quantitative estimate of drug-likeness (QED) is 0.755. The smallest absolute Gasteiger partial charge is 0.315 e. The Morgan fingerprint density at radius 3 is 2.35 bits per heavy atom. The molecule has 1 rings (SSSR count). The number of carboxylic acids is 1. The standard InChI is InChI=1S/C14H19ClN2O3/c1-9(3-8-13(18)19)16-14(20)17-10(2)11-4-6-12(15)7-5-11/h4-7,9-10H,3,8H2,1-2H3,(H,18,19)(H2,16,17,20). The van der Waals surface area contributed by atoms with Gasteiger partial charge in [-0.25, -0.2) is 4.79 Å². The SMILES string of the molecule is CC(CCC(=O)O)NC(=O)NC(C)c1ccc(Cl)cc1. The van der Waals surface area contributed by atoms with Gasteiger partial charge in [0.05, 0.1) is 6.04 Å². The molecule has 5 nitrogen and oxygen atoms in total. The van der Waals surface area contributed by atoms with Gasteiger partial charge in [-0.1, -0.05) is 23.7 Å². The van der Waals surface area contributed by atoms with E-state index in [0.717, 1.165) is 5.56 Å². The largest absolute Gasteiger partial charge is 0.481 e. The van der Waals surface area contributed by atoms with Crippen molar-refractivity contribution in [3.05, 3.63) is 34.9 Å². The van der Waals surface area contributed by atoms with E-state index in [1.165, 1.54) is 0 Å². The van der Waals surface area contributed by atoms with E-state index in [1.807, 2.05) is 19.1 Å². The van der Waals surface area contributed by atoms with Crippen molar-refractivity contribution in [2.24, 2.45) is 0 Å². The van der Waals surface area contributed by atoms with Gasteiger partial charge in [-0.15, -0.1) is 0 Å². The highest BCUT2D eigenvalue weighted by Crippen LogP contribution is 2.15. The van der Waals surface area contributed by atoms with Crippen LogP contribution in [-0.2, 0) is 4.79 Å². The molecule has 0 aromatic heterocycles. The highest BCUT2D eigenvalue weighted by atomic mass is 35.5. The summed E-state index contributed by atoms with van der Waals surface area (Å²) in [5, 5.41) is 14.7. The molecule has 0 aliphatic rings. The fraction of sp³-hybridized carbons (Fsp3) is 0.429. The van der Waals surface area contributed by atoms with Crippen LogP contribution >= 0.6 is 11.6 Å². The summed E-state index contributed by atoms with van der Waals surface area (Å²) < 4.78 is 0. The number of carbonyl (C=O) groups excluding carboxylic acids is 1. The highest BCUT2D eigenvalue weighted by molar-refractivity contribution is 6.30. The van der Waals surface area contributed by atoms with Gasteiger partial charge in [0.15, 0.2) is 0 Å². The summed E-state index contributed by atoms with van der Waals surface area (Å²) >= 11 is 5.80. The molecule has 0 fully saturated rings. The maximum absolute atomic E-state index is 11.8. The van der Waals surface area contributed by atoms with E-state index in [1.54, 1.807) is 19.1 Å². The van der Waals surface area contributed by atoms with Crippen LogP contribution in [0.5, 0.6) is 0 Å². The molecule has 2 amide bonds. The van der Waals surface area contributed by atoms with Gasteiger partial charge in [0.2, 0.25) is 0 Å². The van der Waals surface area contributed by atoms with Crippen molar-refractivity contribution in [1.29, 1.82) is 0 Å². The fourth-order valence-corrected chi connectivity index (χ4v) is 1.84. The molecule has 0 saturated heterocycles. The van der Waals surface area contributed by atoms with E-state index in [0.29, 0.717) is 11.4 Å². The average Bonchev–Trinajstić information content (AvgIpc) is 2.36. The van der Waals surface area contributed by atoms with E-state index in [-0.39, 0.29) is 24.5 Å². The molecule has 0 bridgehead atoms. The zero-order chi connectivity index (χ0) is 15.1. The summed E-state index contributed by atoms with van der Waals surface area (Å²) in [4.78, 5) is 22.2. The molecule has 1 aromatic rings. The minimum absolute atomic E-state index is 0.0359. The van der Waals surface area contributed by atoms with E-state index in [9.17, 15) is 9.59 Å². The van der Waals surface area contributed by atoms with Crippen molar-refractivity contribution < 1.29 is 14.7 Å². The van der Waals surface area contributed by atoms with Crippen LogP contribution in [0.15, 0.2) is 24.3 Å². The molecule has 2 atom stereocenters. The predicted octanol–water partition coefficient (Wildman–Crippen LogP) is 2.95. The number of halogens is 1. The Morgan fingerprint density at radius 1 is 1.20 bits per heavy atom. The van der Waals surface area contributed by atoms with Crippen molar-refractivity contribution >= 4 is 23.6 Å². The minimum atomic E-state index is -0.867. The van der Waals surface area contributed by atoms with Crippen molar-refractivity contribution in [3.8, 4) is 0 Å². The third-order valence-electron chi connectivity index (χ3n) is 2.89. The molecular weight excluding hydrogens is 280 g/mol. The van der Waals surface area contributed by atoms with E-state index < -0.39 is 5.97 Å². The molecule has 0 aliphatic heterocycles. The Bertz CT molecular complexity index is 462. The molecular formula is C14H19ClN2O3. The van der Waals surface area contributed by atoms with Crippen LogP contribution in [-0.4, -0.2) is 23.1 Å². The van der Waals surface area contributed by atoms with E-state index in [2.05, 4.69) is 10.6 Å². The number of urea groups is 1. The summed E-state index contributed by atoms with van der Waals surface area (Å²) in [6.07, 6.45) is 0.437. The van der Waals surface area contributed by atoms with Crippen molar-refractivity contribution in [2.75, 3.05) is 0 Å². The third kappa shape index (κ3) is 5.93. The number of rotatable bonds is 6. The number of benzene rings is 1. The average molecular weight is 299 g/mol. The van der Waals surface area contributed by atoms with Crippen molar-refractivity contribution in [3.63, 3.8) is 0 Å². The summed E-state index contributed by atoms with van der Waals surface area (Å²) in [5.74, 6) is -0.867. The van der Waals surface area contributed by atoms with Gasteiger partial charge in [-0.3, -0.25) is 4.79 Å². The number of hydrogen-bond donors (Lipinski definition) is 3. The molecule has 6 heteroatoms. The maximum Gasteiger partial charge on any atom is 0.315 e. The zero-order valence-electron chi connectivity index (χ0n) is 11.5. The molecule has 0 spiro atoms. The van der Waals surface area contributed by atoms with Crippen LogP contribution in [0.4, 0.5) is 4.79 Å². The normalized spacial score (nSPS) is 13.3. The topological polar surface area (TPSA) is 78.4 Å².